The third-order valence-corrected chi connectivity index (χ3v) is 5.32. The van der Waals surface area contributed by atoms with Crippen LogP contribution in [0.25, 0.3) is 0 Å². The number of aryl methyl sites for hydroxylation is 1. The molecule has 0 saturated carbocycles. The van der Waals surface area contributed by atoms with Crippen LogP contribution in [0.15, 0.2) is 60.8 Å². The Balaban J connectivity index is 1.80. The molecule has 3 aromatic rings. The van der Waals surface area contributed by atoms with Gasteiger partial charge in [0.1, 0.15) is 11.6 Å². The van der Waals surface area contributed by atoms with Crippen molar-refractivity contribution in [3.8, 4) is 0 Å². The van der Waals surface area contributed by atoms with E-state index in [0.29, 0.717) is 5.02 Å². The maximum Gasteiger partial charge on any atom is 0.130 e. The molecular formula is C21H19ClF2N2. The maximum atomic E-state index is 14.3. The van der Waals surface area contributed by atoms with Gasteiger partial charge in [0.05, 0.1) is 6.04 Å². The van der Waals surface area contributed by atoms with Gasteiger partial charge in [0.2, 0.25) is 0 Å². The second kappa shape index (κ2) is 7.22. The third kappa shape index (κ3) is 3.15. The first-order valence-corrected chi connectivity index (χ1v) is 9.09. The molecule has 0 amide bonds. The molecule has 2 nitrogen and oxygen atoms in total. The Kier molecular flexibility index (Phi) is 4.79. The summed E-state index contributed by atoms with van der Waals surface area (Å²) in [5, 5.41) is 0.658. The molecular weight excluding hydrogens is 354 g/mol. The van der Waals surface area contributed by atoms with Crippen LogP contribution in [0.1, 0.15) is 29.3 Å². The fraction of sp³-hybridized carbons (Fsp3) is 0.238. The molecule has 0 spiro atoms. The van der Waals surface area contributed by atoms with E-state index in [2.05, 4.69) is 15.5 Å². The minimum Gasteiger partial charge on any atom is -0.350 e. The Morgan fingerprint density at radius 1 is 0.923 bits per heavy atom. The van der Waals surface area contributed by atoms with Crippen LogP contribution in [0.2, 0.25) is 5.02 Å². The molecule has 1 aromatic heterocycles. The van der Waals surface area contributed by atoms with E-state index in [1.165, 1.54) is 18.2 Å². The minimum atomic E-state index is -0.512. The lowest BCUT2D eigenvalue weighted by molar-refractivity contribution is 0.214. The van der Waals surface area contributed by atoms with Crippen molar-refractivity contribution in [2.75, 3.05) is 6.54 Å². The molecule has 1 atom stereocenters. The van der Waals surface area contributed by atoms with Crippen LogP contribution in [0, 0.1) is 11.6 Å². The Labute approximate surface area is 156 Å². The fourth-order valence-electron chi connectivity index (χ4n) is 3.75. The summed E-state index contributed by atoms with van der Waals surface area (Å²) >= 11 is 6.49. The van der Waals surface area contributed by atoms with Crippen molar-refractivity contribution in [3.63, 3.8) is 0 Å². The number of hydrogen-bond donors (Lipinski definition) is 0. The van der Waals surface area contributed by atoms with Crippen molar-refractivity contribution in [1.82, 2.24) is 9.47 Å². The molecule has 0 radical (unpaired) electrons. The second-order valence-corrected chi connectivity index (χ2v) is 6.98. The van der Waals surface area contributed by atoms with Crippen LogP contribution in [0.5, 0.6) is 0 Å². The number of halogens is 3. The smallest absolute Gasteiger partial charge is 0.130 e. The zero-order valence-corrected chi connectivity index (χ0v) is 15.0. The fourth-order valence-corrected chi connectivity index (χ4v) is 3.99. The number of rotatable bonds is 3. The molecule has 1 unspecified atom stereocenters. The highest BCUT2D eigenvalue weighted by Gasteiger charge is 2.29. The van der Waals surface area contributed by atoms with E-state index in [1.54, 1.807) is 0 Å². The summed E-state index contributed by atoms with van der Waals surface area (Å²) in [6.07, 6.45) is 2.95. The lowest BCUT2D eigenvalue weighted by Gasteiger charge is -2.31. The van der Waals surface area contributed by atoms with Crippen molar-refractivity contribution < 1.29 is 8.78 Å². The molecule has 0 N–H and O–H groups in total. The highest BCUT2D eigenvalue weighted by molar-refractivity contribution is 6.31. The lowest BCUT2D eigenvalue weighted by atomic mass is 10.0. The zero-order chi connectivity index (χ0) is 18.1. The molecule has 134 valence electrons. The van der Waals surface area contributed by atoms with Crippen LogP contribution in [0.3, 0.4) is 0 Å². The van der Waals surface area contributed by atoms with Crippen molar-refractivity contribution >= 4 is 11.6 Å². The van der Waals surface area contributed by atoms with E-state index >= 15 is 0 Å². The normalized spacial score (nSPS) is 17.7. The van der Waals surface area contributed by atoms with Gasteiger partial charge < -0.3 is 4.57 Å². The molecule has 0 bridgehead atoms. The van der Waals surface area contributed by atoms with Gasteiger partial charge in [-0.15, -0.1) is 0 Å². The average Bonchev–Trinajstić information content (AvgIpc) is 3.01. The lowest BCUT2D eigenvalue weighted by Crippen LogP contribution is -2.30. The van der Waals surface area contributed by atoms with E-state index < -0.39 is 11.6 Å². The van der Waals surface area contributed by atoms with Gasteiger partial charge in [-0.3, -0.25) is 4.90 Å². The number of benzene rings is 2. The summed E-state index contributed by atoms with van der Waals surface area (Å²) in [5.41, 5.74) is 2.14. The van der Waals surface area contributed by atoms with Gasteiger partial charge in [-0.05, 0) is 42.3 Å². The maximum absolute atomic E-state index is 14.3. The number of nitrogens with zero attached hydrogens (tertiary/aromatic N) is 2. The number of hydrogen-bond acceptors (Lipinski definition) is 1. The van der Waals surface area contributed by atoms with Crippen LogP contribution >= 0.6 is 11.6 Å². The summed E-state index contributed by atoms with van der Waals surface area (Å²) in [4.78, 5) is 2.11. The first-order chi connectivity index (χ1) is 12.6. The van der Waals surface area contributed by atoms with Gasteiger partial charge in [-0.1, -0.05) is 35.9 Å². The van der Waals surface area contributed by atoms with Crippen LogP contribution in [0.4, 0.5) is 8.78 Å². The third-order valence-electron chi connectivity index (χ3n) is 4.98. The summed E-state index contributed by atoms with van der Waals surface area (Å²) in [7, 11) is 0. The predicted molar refractivity (Wildman–Crippen MR) is 99.1 cm³/mol. The molecule has 2 aromatic carbocycles. The molecule has 4 rings (SSSR count). The highest BCUT2D eigenvalue weighted by Crippen LogP contribution is 2.36. The van der Waals surface area contributed by atoms with Gasteiger partial charge in [0.25, 0.3) is 0 Å². The monoisotopic (exact) mass is 372 g/mol. The van der Waals surface area contributed by atoms with Gasteiger partial charge in [0, 0.05) is 42.1 Å². The van der Waals surface area contributed by atoms with Crippen LogP contribution in [-0.2, 0) is 13.1 Å². The molecule has 0 saturated heterocycles. The van der Waals surface area contributed by atoms with Gasteiger partial charge in [0.15, 0.2) is 0 Å². The SMILES string of the molecule is Fc1cccc(F)c1CN1CCCn2cccc2C1c1ccccc1Cl. The molecule has 0 aliphatic carbocycles. The molecule has 1 aliphatic heterocycles. The van der Waals surface area contributed by atoms with E-state index in [0.717, 1.165) is 30.8 Å². The van der Waals surface area contributed by atoms with Gasteiger partial charge in [-0.2, -0.15) is 0 Å². The molecule has 1 aliphatic rings. The topological polar surface area (TPSA) is 8.17 Å². The Hall–Kier alpha value is -2.17. The second-order valence-electron chi connectivity index (χ2n) is 6.57. The zero-order valence-electron chi connectivity index (χ0n) is 14.2. The van der Waals surface area contributed by atoms with Crippen LogP contribution < -0.4 is 0 Å². The Bertz CT molecular complexity index is 902. The van der Waals surface area contributed by atoms with Crippen LogP contribution in [-0.4, -0.2) is 16.0 Å². The van der Waals surface area contributed by atoms with Gasteiger partial charge in [-0.25, -0.2) is 8.78 Å². The number of aromatic nitrogens is 1. The molecule has 26 heavy (non-hydrogen) atoms. The van der Waals surface area contributed by atoms with Crippen molar-refractivity contribution in [2.45, 2.75) is 25.6 Å². The van der Waals surface area contributed by atoms with E-state index in [9.17, 15) is 8.78 Å². The summed E-state index contributed by atoms with van der Waals surface area (Å²) in [6.45, 7) is 1.80. The molecule has 2 heterocycles. The standard InChI is InChI=1S/C21H19ClF2N2/c22-17-7-2-1-6-15(17)21-20-10-4-11-25(20)12-5-13-26(21)14-16-18(23)8-3-9-19(16)24/h1-4,6-11,21H,5,12-14H2. The Morgan fingerprint density at radius 3 is 2.46 bits per heavy atom. The van der Waals surface area contributed by atoms with Gasteiger partial charge >= 0.3 is 0 Å². The Morgan fingerprint density at radius 2 is 1.69 bits per heavy atom. The first-order valence-electron chi connectivity index (χ1n) is 8.71. The van der Waals surface area contributed by atoms with Crippen molar-refractivity contribution in [1.29, 1.82) is 0 Å². The van der Waals surface area contributed by atoms with E-state index in [4.69, 9.17) is 11.6 Å². The summed E-state index contributed by atoms with van der Waals surface area (Å²) < 4.78 is 30.7. The first kappa shape index (κ1) is 17.3. The average molecular weight is 373 g/mol. The highest BCUT2D eigenvalue weighted by atomic mass is 35.5. The van der Waals surface area contributed by atoms with E-state index in [-0.39, 0.29) is 18.2 Å². The predicted octanol–water partition coefficient (Wildman–Crippen LogP) is 5.42. The molecule has 5 heteroatoms. The van der Waals surface area contributed by atoms with Crippen molar-refractivity contribution in [3.05, 3.63) is 94.3 Å². The quantitative estimate of drug-likeness (QED) is 0.596. The largest absolute Gasteiger partial charge is 0.350 e. The van der Waals surface area contributed by atoms with Crippen molar-refractivity contribution in [2.24, 2.45) is 0 Å². The minimum absolute atomic E-state index is 0.101. The number of fused-ring (bicyclic) bond motifs is 1. The van der Waals surface area contributed by atoms with E-state index in [1.807, 2.05) is 36.5 Å². The summed E-state index contributed by atoms with van der Waals surface area (Å²) in [6, 6.07) is 15.6. The molecule has 0 fully saturated rings. The summed E-state index contributed by atoms with van der Waals surface area (Å²) in [5.74, 6) is -1.02.